The first kappa shape index (κ1) is 8.52. The van der Waals surface area contributed by atoms with E-state index in [-0.39, 0.29) is 5.91 Å². The van der Waals surface area contributed by atoms with Crippen LogP contribution in [0.5, 0.6) is 0 Å². The first-order chi connectivity index (χ1) is 5.63. The molecule has 4 nitrogen and oxygen atoms in total. The lowest BCUT2D eigenvalue weighted by molar-refractivity contribution is -0.111. The maximum atomic E-state index is 10.8. The topological polar surface area (TPSA) is 46.9 Å². The third kappa shape index (κ3) is 1.72. The third-order valence-corrected chi connectivity index (χ3v) is 1.55. The molecule has 1 amide bonds. The molecule has 0 fully saturated rings. The van der Waals surface area contributed by atoms with Crippen molar-refractivity contribution in [2.75, 3.05) is 5.32 Å². The number of carbonyl (C=O) groups excluding carboxylic acids is 1. The Labute approximate surface area is 70.9 Å². The van der Waals surface area contributed by atoms with Gasteiger partial charge in [0, 0.05) is 18.8 Å². The van der Waals surface area contributed by atoms with Crippen LogP contribution in [0.2, 0.25) is 0 Å². The molecule has 1 N–H and O–H groups in total. The third-order valence-electron chi connectivity index (χ3n) is 1.55. The summed E-state index contributed by atoms with van der Waals surface area (Å²) in [6, 6.07) is 1.79. The van der Waals surface area contributed by atoms with Crippen LogP contribution in [0.3, 0.4) is 0 Å². The van der Waals surface area contributed by atoms with Crippen LogP contribution in [0.1, 0.15) is 5.69 Å². The SMILES string of the molecule is C=CC(=O)Nc1cc(C)n(C)n1. The van der Waals surface area contributed by atoms with E-state index in [4.69, 9.17) is 0 Å². The van der Waals surface area contributed by atoms with Crippen LogP contribution in [0.15, 0.2) is 18.7 Å². The number of aryl methyl sites for hydroxylation is 2. The molecule has 0 unspecified atom stereocenters. The molecule has 1 aromatic heterocycles. The highest BCUT2D eigenvalue weighted by Crippen LogP contribution is 2.05. The molecule has 64 valence electrons. The molecular formula is C8H11N3O. The summed E-state index contributed by atoms with van der Waals surface area (Å²) < 4.78 is 1.69. The standard InChI is InChI=1S/C8H11N3O/c1-4-8(12)9-7-5-6(2)11(3)10-7/h4-5H,1H2,2-3H3,(H,9,10,12). The second kappa shape index (κ2) is 3.21. The van der Waals surface area contributed by atoms with Gasteiger partial charge in [-0.05, 0) is 13.0 Å². The first-order valence-corrected chi connectivity index (χ1v) is 3.57. The summed E-state index contributed by atoms with van der Waals surface area (Å²) in [6.07, 6.45) is 1.21. The zero-order chi connectivity index (χ0) is 9.14. The number of aromatic nitrogens is 2. The molecular weight excluding hydrogens is 154 g/mol. The number of nitrogens with zero attached hydrogens (tertiary/aromatic N) is 2. The van der Waals surface area contributed by atoms with Crippen LogP contribution in [0.4, 0.5) is 5.82 Å². The second-order valence-electron chi connectivity index (χ2n) is 2.49. The molecule has 0 spiro atoms. The van der Waals surface area contributed by atoms with Gasteiger partial charge in [-0.15, -0.1) is 0 Å². The number of hydrogen-bond acceptors (Lipinski definition) is 2. The Morgan fingerprint density at radius 2 is 2.50 bits per heavy atom. The molecule has 0 aliphatic carbocycles. The quantitative estimate of drug-likeness (QED) is 0.660. The number of amides is 1. The molecule has 0 saturated carbocycles. The Balaban J connectivity index is 2.76. The predicted molar refractivity (Wildman–Crippen MR) is 46.8 cm³/mol. The smallest absolute Gasteiger partial charge is 0.248 e. The Morgan fingerprint density at radius 1 is 1.83 bits per heavy atom. The summed E-state index contributed by atoms with van der Waals surface area (Å²) in [6.45, 7) is 5.25. The Bertz CT molecular complexity index is 295. The Kier molecular flexibility index (Phi) is 2.28. The highest BCUT2D eigenvalue weighted by molar-refractivity contribution is 5.98. The molecule has 1 heterocycles. The summed E-state index contributed by atoms with van der Waals surface area (Å²) in [5.74, 6) is 0.313. The van der Waals surface area contributed by atoms with E-state index in [0.717, 1.165) is 5.69 Å². The zero-order valence-corrected chi connectivity index (χ0v) is 7.16. The van der Waals surface area contributed by atoms with E-state index in [1.54, 1.807) is 10.7 Å². The summed E-state index contributed by atoms with van der Waals surface area (Å²) in [4.78, 5) is 10.8. The lowest BCUT2D eigenvalue weighted by Crippen LogP contribution is -2.07. The van der Waals surface area contributed by atoms with Gasteiger partial charge in [0.05, 0.1) is 0 Å². The van der Waals surface area contributed by atoms with Gasteiger partial charge < -0.3 is 5.32 Å². The van der Waals surface area contributed by atoms with E-state index in [1.165, 1.54) is 6.08 Å². The number of rotatable bonds is 2. The molecule has 0 aliphatic heterocycles. The maximum Gasteiger partial charge on any atom is 0.248 e. The molecule has 0 aromatic carbocycles. The van der Waals surface area contributed by atoms with Crippen LogP contribution in [-0.2, 0) is 11.8 Å². The van der Waals surface area contributed by atoms with Gasteiger partial charge in [0.15, 0.2) is 5.82 Å². The molecule has 0 saturated heterocycles. The van der Waals surface area contributed by atoms with Crippen molar-refractivity contribution in [3.05, 3.63) is 24.4 Å². The number of hydrogen-bond donors (Lipinski definition) is 1. The van der Waals surface area contributed by atoms with Crippen molar-refractivity contribution < 1.29 is 4.79 Å². The second-order valence-corrected chi connectivity index (χ2v) is 2.49. The van der Waals surface area contributed by atoms with E-state index >= 15 is 0 Å². The van der Waals surface area contributed by atoms with E-state index in [2.05, 4.69) is 17.0 Å². The van der Waals surface area contributed by atoms with Crippen molar-refractivity contribution in [2.24, 2.45) is 7.05 Å². The van der Waals surface area contributed by atoms with Crippen molar-refractivity contribution in [3.8, 4) is 0 Å². The largest absolute Gasteiger partial charge is 0.306 e. The van der Waals surface area contributed by atoms with E-state index in [0.29, 0.717) is 5.82 Å². The van der Waals surface area contributed by atoms with Gasteiger partial charge in [-0.2, -0.15) is 5.10 Å². The van der Waals surface area contributed by atoms with Gasteiger partial charge >= 0.3 is 0 Å². The van der Waals surface area contributed by atoms with Gasteiger partial charge in [0.25, 0.3) is 0 Å². The van der Waals surface area contributed by atoms with E-state index < -0.39 is 0 Å². The molecule has 12 heavy (non-hydrogen) atoms. The summed E-state index contributed by atoms with van der Waals surface area (Å²) in [5.41, 5.74) is 0.995. The van der Waals surface area contributed by atoms with Crippen LogP contribution in [-0.4, -0.2) is 15.7 Å². The van der Waals surface area contributed by atoms with Crippen LogP contribution in [0.25, 0.3) is 0 Å². The number of carbonyl (C=O) groups is 1. The summed E-state index contributed by atoms with van der Waals surface area (Å²) >= 11 is 0. The lowest BCUT2D eigenvalue weighted by Gasteiger charge is -1.93. The Hall–Kier alpha value is -1.58. The summed E-state index contributed by atoms with van der Waals surface area (Å²) in [5, 5.41) is 6.60. The highest BCUT2D eigenvalue weighted by Gasteiger charge is 2.01. The average Bonchev–Trinajstić information content (AvgIpc) is 2.31. The van der Waals surface area contributed by atoms with E-state index in [9.17, 15) is 4.79 Å². The Morgan fingerprint density at radius 3 is 2.92 bits per heavy atom. The molecule has 0 radical (unpaired) electrons. The normalized spacial score (nSPS) is 9.50. The fraction of sp³-hybridized carbons (Fsp3) is 0.250. The van der Waals surface area contributed by atoms with E-state index in [1.807, 2.05) is 14.0 Å². The zero-order valence-electron chi connectivity index (χ0n) is 7.16. The molecule has 1 rings (SSSR count). The fourth-order valence-electron chi connectivity index (χ4n) is 0.799. The number of anilines is 1. The first-order valence-electron chi connectivity index (χ1n) is 3.57. The van der Waals surface area contributed by atoms with Crippen molar-refractivity contribution in [1.82, 2.24) is 9.78 Å². The minimum Gasteiger partial charge on any atom is -0.306 e. The number of nitrogens with one attached hydrogen (secondary N) is 1. The van der Waals surface area contributed by atoms with Crippen molar-refractivity contribution >= 4 is 11.7 Å². The molecule has 0 bridgehead atoms. The van der Waals surface area contributed by atoms with Gasteiger partial charge in [-0.3, -0.25) is 9.48 Å². The molecule has 0 aliphatic rings. The van der Waals surface area contributed by atoms with Crippen molar-refractivity contribution in [2.45, 2.75) is 6.92 Å². The fourth-order valence-corrected chi connectivity index (χ4v) is 0.799. The van der Waals surface area contributed by atoms with Crippen LogP contribution < -0.4 is 5.32 Å². The minimum atomic E-state index is -0.242. The molecule has 4 heteroatoms. The molecule has 0 atom stereocenters. The lowest BCUT2D eigenvalue weighted by atomic mass is 10.4. The van der Waals surface area contributed by atoms with Gasteiger partial charge in [-0.1, -0.05) is 6.58 Å². The van der Waals surface area contributed by atoms with Crippen molar-refractivity contribution in [3.63, 3.8) is 0 Å². The van der Waals surface area contributed by atoms with Gasteiger partial charge in [0.2, 0.25) is 5.91 Å². The van der Waals surface area contributed by atoms with Crippen LogP contribution >= 0.6 is 0 Å². The van der Waals surface area contributed by atoms with Gasteiger partial charge in [-0.25, -0.2) is 0 Å². The average molecular weight is 165 g/mol. The highest BCUT2D eigenvalue weighted by atomic mass is 16.1. The maximum absolute atomic E-state index is 10.8. The predicted octanol–water partition coefficient (Wildman–Crippen LogP) is 0.853. The monoisotopic (exact) mass is 165 g/mol. The van der Waals surface area contributed by atoms with Crippen molar-refractivity contribution in [1.29, 1.82) is 0 Å². The summed E-state index contributed by atoms with van der Waals surface area (Å²) in [7, 11) is 1.82. The van der Waals surface area contributed by atoms with Crippen LogP contribution in [0, 0.1) is 6.92 Å². The minimum absolute atomic E-state index is 0.242. The molecule has 1 aromatic rings. The van der Waals surface area contributed by atoms with Gasteiger partial charge in [0.1, 0.15) is 0 Å².